The third-order valence-electron chi connectivity index (χ3n) is 3.88. The predicted molar refractivity (Wildman–Crippen MR) is 87.4 cm³/mol. The average Bonchev–Trinajstić information content (AvgIpc) is 3.00. The van der Waals surface area contributed by atoms with Crippen LogP contribution in [-0.2, 0) is 0 Å². The summed E-state index contributed by atoms with van der Waals surface area (Å²) < 4.78 is 0. The van der Waals surface area contributed by atoms with Gasteiger partial charge in [0.25, 0.3) is 5.91 Å². The number of rotatable bonds is 4. The zero-order valence-corrected chi connectivity index (χ0v) is 13.3. The molecule has 1 fully saturated rings. The Hall–Kier alpha value is -1.35. The molecule has 5 heteroatoms. The van der Waals surface area contributed by atoms with Gasteiger partial charge >= 0.3 is 0 Å². The highest BCUT2D eigenvalue weighted by Gasteiger charge is 2.19. The van der Waals surface area contributed by atoms with Gasteiger partial charge in [-0.15, -0.1) is 11.3 Å². The summed E-state index contributed by atoms with van der Waals surface area (Å²) in [4.78, 5) is 15.5. The Kier molecular flexibility index (Phi) is 6.24. The van der Waals surface area contributed by atoms with E-state index in [1.54, 1.807) is 0 Å². The fraction of sp³-hybridized carbons (Fsp3) is 0.562. The maximum absolute atomic E-state index is 12.1. The molecule has 114 valence electrons. The van der Waals surface area contributed by atoms with Crippen molar-refractivity contribution in [2.75, 3.05) is 32.7 Å². The highest BCUT2D eigenvalue weighted by Crippen LogP contribution is 2.17. The first kappa shape index (κ1) is 16.0. The third-order valence-corrected chi connectivity index (χ3v) is 4.73. The molecule has 1 aliphatic rings. The number of piperidine rings is 1. The van der Waals surface area contributed by atoms with Crippen molar-refractivity contribution in [2.24, 2.45) is 11.7 Å². The Morgan fingerprint density at radius 1 is 1.52 bits per heavy atom. The normalized spacial score (nSPS) is 16.3. The van der Waals surface area contributed by atoms with Gasteiger partial charge in [0.05, 0.1) is 17.0 Å². The summed E-state index contributed by atoms with van der Waals surface area (Å²) in [6, 6.07) is 1.84. The van der Waals surface area contributed by atoms with E-state index in [1.807, 2.05) is 11.4 Å². The highest BCUT2D eigenvalue weighted by atomic mass is 32.1. The van der Waals surface area contributed by atoms with E-state index in [9.17, 15) is 4.79 Å². The molecule has 0 atom stereocenters. The number of carbonyl (C=O) groups excluding carboxylic acids is 1. The maximum atomic E-state index is 12.1. The number of nitrogens with zero attached hydrogens (tertiary/aromatic N) is 1. The van der Waals surface area contributed by atoms with Gasteiger partial charge in [-0.25, -0.2) is 0 Å². The topological polar surface area (TPSA) is 58.4 Å². The van der Waals surface area contributed by atoms with Crippen LogP contribution in [0.5, 0.6) is 0 Å². The van der Waals surface area contributed by atoms with Crippen molar-refractivity contribution in [3.8, 4) is 11.8 Å². The smallest absolute Gasteiger partial charge is 0.252 e. The fourth-order valence-electron chi connectivity index (χ4n) is 2.50. The average molecular weight is 305 g/mol. The Morgan fingerprint density at radius 3 is 2.95 bits per heavy atom. The van der Waals surface area contributed by atoms with E-state index in [0.29, 0.717) is 18.0 Å². The molecule has 0 radical (unpaired) electrons. The molecule has 2 rings (SSSR count). The summed E-state index contributed by atoms with van der Waals surface area (Å²) in [5.41, 5.74) is 6.04. The molecule has 21 heavy (non-hydrogen) atoms. The summed E-state index contributed by atoms with van der Waals surface area (Å²) in [5, 5.41) is 4.90. The lowest BCUT2D eigenvalue weighted by atomic mass is 9.97. The van der Waals surface area contributed by atoms with Crippen LogP contribution in [0.4, 0.5) is 0 Å². The van der Waals surface area contributed by atoms with Crippen molar-refractivity contribution in [3.05, 3.63) is 21.9 Å². The van der Waals surface area contributed by atoms with E-state index >= 15 is 0 Å². The molecular weight excluding hydrogens is 282 g/mol. The molecule has 1 saturated heterocycles. The minimum Gasteiger partial charge on any atom is -0.352 e. The van der Waals surface area contributed by atoms with Gasteiger partial charge in [-0.1, -0.05) is 18.8 Å². The molecule has 1 aromatic rings. The van der Waals surface area contributed by atoms with Crippen LogP contribution in [0, 0.1) is 17.8 Å². The number of carbonyl (C=O) groups is 1. The van der Waals surface area contributed by atoms with E-state index in [4.69, 9.17) is 5.73 Å². The van der Waals surface area contributed by atoms with Gasteiger partial charge in [0.1, 0.15) is 0 Å². The van der Waals surface area contributed by atoms with Crippen molar-refractivity contribution >= 4 is 17.2 Å². The minimum atomic E-state index is 0.00460. The maximum Gasteiger partial charge on any atom is 0.252 e. The van der Waals surface area contributed by atoms with Crippen LogP contribution in [-0.4, -0.2) is 43.5 Å². The lowest BCUT2D eigenvalue weighted by molar-refractivity contribution is 0.0937. The van der Waals surface area contributed by atoms with E-state index < -0.39 is 0 Å². The quantitative estimate of drug-likeness (QED) is 0.829. The SMILES string of the molecule is CCN1CCC(CNC(=O)c2csc(C#CCN)c2)CC1. The molecule has 1 aromatic heterocycles. The van der Waals surface area contributed by atoms with Crippen LogP contribution in [0.2, 0.25) is 0 Å². The third kappa shape index (κ3) is 4.85. The number of hydrogen-bond donors (Lipinski definition) is 2. The van der Waals surface area contributed by atoms with Crippen LogP contribution < -0.4 is 11.1 Å². The molecule has 3 N–H and O–H groups in total. The lowest BCUT2D eigenvalue weighted by Crippen LogP contribution is -2.38. The summed E-state index contributed by atoms with van der Waals surface area (Å²) >= 11 is 1.49. The Labute approximate surface area is 130 Å². The number of nitrogens with one attached hydrogen (secondary N) is 1. The van der Waals surface area contributed by atoms with Crippen molar-refractivity contribution in [1.82, 2.24) is 10.2 Å². The molecule has 2 heterocycles. The van der Waals surface area contributed by atoms with Gasteiger partial charge in [-0.3, -0.25) is 4.79 Å². The van der Waals surface area contributed by atoms with Crippen molar-refractivity contribution < 1.29 is 4.79 Å². The van der Waals surface area contributed by atoms with Gasteiger partial charge in [0, 0.05) is 11.9 Å². The molecule has 1 amide bonds. The molecule has 0 aliphatic carbocycles. The van der Waals surface area contributed by atoms with E-state index in [2.05, 4.69) is 29.0 Å². The molecule has 4 nitrogen and oxygen atoms in total. The van der Waals surface area contributed by atoms with Crippen molar-refractivity contribution in [1.29, 1.82) is 0 Å². The van der Waals surface area contributed by atoms with Crippen molar-refractivity contribution in [3.63, 3.8) is 0 Å². The first-order valence-corrected chi connectivity index (χ1v) is 8.39. The monoisotopic (exact) mass is 305 g/mol. The second-order valence-corrected chi connectivity index (χ2v) is 6.20. The Balaban J connectivity index is 1.78. The van der Waals surface area contributed by atoms with Gasteiger partial charge < -0.3 is 16.0 Å². The predicted octanol–water partition coefficient (Wildman–Crippen LogP) is 1.52. The molecular formula is C16H23N3OS. The van der Waals surface area contributed by atoms with Gasteiger partial charge in [0.15, 0.2) is 0 Å². The number of nitrogens with two attached hydrogens (primary N) is 1. The molecule has 0 spiro atoms. The largest absolute Gasteiger partial charge is 0.352 e. The van der Waals surface area contributed by atoms with Gasteiger partial charge in [-0.05, 0) is 44.5 Å². The zero-order chi connectivity index (χ0) is 15.1. The minimum absolute atomic E-state index is 0.00460. The molecule has 0 aromatic carbocycles. The standard InChI is InChI=1S/C16H23N3OS/c1-2-19-8-5-13(6-9-19)11-18-16(20)14-10-15(21-12-14)4-3-7-17/h10,12-13H,2,5-9,11,17H2,1H3,(H,18,20). The van der Waals surface area contributed by atoms with E-state index in [0.717, 1.165) is 31.1 Å². The second kappa shape index (κ2) is 8.18. The molecule has 0 unspecified atom stereocenters. The van der Waals surface area contributed by atoms with Crippen LogP contribution in [0.3, 0.4) is 0 Å². The molecule has 1 aliphatic heterocycles. The van der Waals surface area contributed by atoms with Crippen LogP contribution >= 0.6 is 11.3 Å². The van der Waals surface area contributed by atoms with Crippen LogP contribution in [0.15, 0.2) is 11.4 Å². The highest BCUT2D eigenvalue weighted by molar-refractivity contribution is 7.10. The number of likely N-dealkylation sites (tertiary alicyclic amines) is 1. The lowest BCUT2D eigenvalue weighted by Gasteiger charge is -2.30. The van der Waals surface area contributed by atoms with Gasteiger partial charge in [0.2, 0.25) is 0 Å². The zero-order valence-electron chi connectivity index (χ0n) is 12.5. The van der Waals surface area contributed by atoms with Gasteiger partial charge in [-0.2, -0.15) is 0 Å². The number of thiophene rings is 1. The first-order chi connectivity index (χ1) is 10.2. The van der Waals surface area contributed by atoms with Crippen LogP contribution in [0.25, 0.3) is 0 Å². The summed E-state index contributed by atoms with van der Waals surface area (Å²) in [7, 11) is 0. The summed E-state index contributed by atoms with van der Waals surface area (Å²) in [5.74, 6) is 6.36. The van der Waals surface area contributed by atoms with E-state index in [1.165, 1.54) is 24.2 Å². The summed E-state index contributed by atoms with van der Waals surface area (Å²) in [6.07, 6.45) is 2.34. The Bertz CT molecular complexity index is 521. The van der Waals surface area contributed by atoms with Crippen LogP contribution in [0.1, 0.15) is 35.0 Å². The van der Waals surface area contributed by atoms with E-state index in [-0.39, 0.29) is 5.91 Å². The van der Waals surface area contributed by atoms with Crippen molar-refractivity contribution in [2.45, 2.75) is 19.8 Å². The number of amides is 1. The number of hydrogen-bond acceptors (Lipinski definition) is 4. The first-order valence-electron chi connectivity index (χ1n) is 7.51. The molecule has 0 saturated carbocycles. The second-order valence-electron chi connectivity index (χ2n) is 5.29. The molecule has 0 bridgehead atoms. The fourth-order valence-corrected chi connectivity index (χ4v) is 3.26. The summed E-state index contributed by atoms with van der Waals surface area (Å²) in [6.45, 7) is 6.74. The Morgan fingerprint density at radius 2 is 2.29 bits per heavy atom.